The Hall–Kier alpha value is -2.69. The summed E-state index contributed by atoms with van der Waals surface area (Å²) in [6.07, 6.45) is 3.51. The van der Waals surface area contributed by atoms with Gasteiger partial charge in [0.05, 0.1) is 12.8 Å². The average molecular weight is 252 g/mol. The summed E-state index contributed by atoms with van der Waals surface area (Å²) in [4.78, 5) is 4.34. The van der Waals surface area contributed by atoms with Crippen LogP contribution in [0.5, 0.6) is 5.75 Å². The van der Waals surface area contributed by atoms with Crippen molar-refractivity contribution >= 4 is 0 Å². The molecular weight excluding hydrogens is 240 g/mol. The van der Waals surface area contributed by atoms with E-state index >= 15 is 0 Å². The largest absolute Gasteiger partial charge is 0.496 e. The Bertz CT molecular complexity index is 665. The molecule has 0 aliphatic rings. The van der Waals surface area contributed by atoms with E-state index in [0.717, 1.165) is 28.3 Å². The van der Waals surface area contributed by atoms with Crippen LogP contribution < -0.4 is 4.74 Å². The number of H-pyrrole nitrogens is 1. The topological polar surface area (TPSA) is 63.7 Å². The van der Waals surface area contributed by atoms with Crippen LogP contribution >= 0.6 is 0 Å². The first-order valence-electron chi connectivity index (χ1n) is 5.85. The summed E-state index contributed by atoms with van der Waals surface area (Å²) in [7, 11) is 1.65. The van der Waals surface area contributed by atoms with E-state index in [9.17, 15) is 0 Å². The molecule has 0 atom stereocenters. The highest BCUT2D eigenvalue weighted by Crippen LogP contribution is 2.32. The normalized spacial score (nSPS) is 10.4. The molecule has 1 N–H and O–H groups in total. The van der Waals surface area contributed by atoms with Crippen molar-refractivity contribution in [2.24, 2.45) is 0 Å². The Morgan fingerprint density at radius 3 is 2.74 bits per heavy atom. The lowest BCUT2D eigenvalue weighted by Gasteiger charge is -2.09. The van der Waals surface area contributed by atoms with Crippen molar-refractivity contribution in [1.29, 1.82) is 0 Å². The fourth-order valence-electron chi connectivity index (χ4n) is 1.93. The van der Waals surface area contributed by atoms with E-state index in [0.29, 0.717) is 0 Å². The number of pyridine rings is 1. The summed E-state index contributed by atoms with van der Waals surface area (Å²) >= 11 is 0. The maximum absolute atomic E-state index is 5.44. The van der Waals surface area contributed by atoms with Gasteiger partial charge in [0.25, 0.3) is 0 Å². The number of rotatable bonds is 3. The van der Waals surface area contributed by atoms with Crippen molar-refractivity contribution in [3.05, 3.63) is 48.8 Å². The second-order valence-corrected chi connectivity index (χ2v) is 3.99. The number of hydrogen-bond acceptors (Lipinski definition) is 4. The van der Waals surface area contributed by atoms with Gasteiger partial charge in [0, 0.05) is 23.5 Å². The van der Waals surface area contributed by atoms with Gasteiger partial charge >= 0.3 is 0 Å². The Kier molecular flexibility index (Phi) is 2.94. The molecule has 0 fully saturated rings. The number of aromatic amines is 1. The Morgan fingerprint density at radius 2 is 2.05 bits per heavy atom. The molecule has 0 spiro atoms. The predicted molar refractivity (Wildman–Crippen MR) is 71.6 cm³/mol. The lowest BCUT2D eigenvalue weighted by molar-refractivity contribution is 0.416. The minimum Gasteiger partial charge on any atom is -0.496 e. The van der Waals surface area contributed by atoms with Crippen molar-refractivity contribution in [2.75, 3.05) is 7.11 Å². The summed E-state index contributed by atoms with van der Waals surface area (Å²) in [6, 6.07) is 11.7. The van der Waals surface area contributed by atoms with Crippen LogP contribution in [0, 0.1) is 0 Å². The molecule has 5 nitrogen and oxygen atoms in total. The van der Waals surface area contributed by atoms with E-state index in [-0.39, 0.29) is 0 Å². The molecule has 1 aromatic carbocycles. The van der Waals surface area contributed by atoms with Crippen LogP contribution in [-0.2, 0) is 0 Å². The number of hydrogen-bond donors (Lipinski definition) is 1. The molecule has 5 heteroatoms. The summed E-state index contributed by atoms with van der Waals surface area (Å²) in [6.45, 7) is 0. The van der Waals surface area contributed by atoms with Crippen molar-refractivity contribution in [1.82, 2.24) is 20.4 Å². The van der Waals surface area contributed by atoms with Gasteiger partial charge in [0.1, 0.15) is 11.4 Å². The molecule has 0 saturated carbocycles. The molecule has 2 heterocycles. The van der Waals surface area contributed by atoms with Crippen molar-refractivity contribution in [2.45, 2.75) is 0 Å². The van der Waals surface area contributed by atoms with Gasteiger partial charge in [-0.2, -0.15) is 0 Å². The summed E-state index contributed by atoms with van der Waals surface area (Å²) < 4.78 is 5.44. The van der Waals surface area contributed by atoms with Gasteiger partial charge in [-0.05, 0) is 24.3 Å². The summed E-state index contributed by atoms with van der Waals surface area (Å²) in [5, 5.41) is 10.4. The van der Waals surface area contributed by atoms with Crippen LogP contribution in [0.3, 0.4) is 0 Å². The van der Waals surface area contributed by atoms with Crippen LogP contribution in [0.25, 0.3) is 22.5 Å². The zero-order valence-corrected chi connectivity index (χ0v) is 10.4. The van der Waals surface area contributed by atoms with Gasteiger partial charge < -0.3 is 4.74 Å². The van der Waals surface area contributed by atoms with Gasteiger partial charge in [0.2, 0.25) is 0 Å². The molecule has 94 valence electrons. The third kappa shape index (κ3) is 2.18. The fraction of sp³-hybridized carbons (Fsp3) is 0.0714. The van der Waals surface area contributed by atoms with Gasteiger partial charge in [-0.15, -0.1) is 5.10 Å². The standard InChI is InChI=1S/C14H12N4O/c1-19-14-8-10(13-9-16-18-17-13)5-6-11(14)12-4-2-3-7-15-12/h2-9H,1H3,(H,16,17,18). The Morgan fingerprint density at radius 1 is 1.11 bits per heavy atom. The molecule has 0 radical (unpaired) electrons. The molecule has 3 aromatic rings. The van der Waals surface area contributed by atoms with Crippen molar-refractivity contribution in [3.63, 3.8) is 0 Å². The first-order valence-corrected chi connectivity index (χ1v) is 5.85. The van der Waals surface area contributed by atoms with E-state index in [4.69, 9.17) is 4.74 Å². The molecule has 0 saturated heterocycles. The minimum atomic E-state index is 0.763. The third-order valence-electron chi connectivity index (χ3n) is 2.85. The molecule has 3 rings (SSSR count). The molecule has 2 aromatic heterocycles. The molecule has 0 unspecified atom stereocenters. The first kappa shape index (κ1) is 11.4. The maximum Gasteiger partial charge on any atom is 0.128 e. The van der Waals surface area contributed by atoms with Gasteiger partial charge in [-0.3, -0.25) is 10.1 Å². The monoisotopic (exact) mass is 252 g/mol. The predicted octanol–water partition coefficient (Wildman–Crippen LogP) is 2.54. The highest BCUT2D eigenvalue weighted by atomic mass is 16.5. The summed E-state index contributed by atoms with van der Waals surface area (Å²) in [5.41, 5.74) is 3.57. The molecule has 19 heavy (non-hydrogen) atoms. The Balaban J connectivity index is 2.08. The first-order chi connectivity index (χ1) is 9.38. The number of aromatic nitrogens is 4. The second-order valence-electron chi connectivity index (χ2n) is 3.99. The number of ether oxygens (including phenoxy) is 1. The second kappa shape index (κ2) is 4.89. The maximum atomic E-state index is 5.44. The quantitative estimate of drug-likeness (QED) is 0.778. The number of nitrogens with one attached hydrogen (secondary N) is 1. The van der Waals surface area contributed by atoms with E-state index in [1.54, 1.807) is 19.5 Å². The van der Waals surface area contributed by atoms with Gasteiger partial charge in [-0.1, -0.05) is 17.3 Å². The van der Waals surface area contributed by atoms with Crippen LogP contribution in [0.2, 0.25) is 0 Å². The van der Waals surface area contributed by atoms with Crippen molar-refractivity contribution in [3.8, 4) is 28.3 Å². The van der Waals surface area contributed by atoms with E-state index in [1.807, 2.05) is 36.4 Å². The van der Waals surface area contributed by atoms with Crippen LogP contribution in [0.4, 0.5) is 0 Å². The molecule has 0 amide bonds. The van der Waals surface area contributed by atoms with E-state index < -0.39 is 0 Å². The lowest BCUT2D eigenvalue weighted by atomic mass is 10.1. The van der Waals surface area contributed by atoms with Crippen molar-refractivity contribution < 1.29 is 4.74 Å². The molecule has 0 aliphatic carbocycles. The SMILES string of the molecule is COc1cc(-c2c[nH]nn2)ccc1-c1ccccn1. The average Bonchev–Trinajstić information content (AvgIpc) is 3.02. The van der Waals surface area contributed by atoms with Crippen LogP contribution in [-0.4, -0.2) is 27.5 Å². The smallest absolute Gasteiger partial charge is 0.128 e. The number of nitrogens with zero attached hydrogens (tertiary/aromatic N) is 3. The third-order valence-corrected chi connectivity index (χ3v) is 2.85. The van der Waals surface area contributed by atoms with Gasteiger partial charge in [-0.25, -0.2) is 0 Å². The summed E-state index contributed by atoms with van der Waals surface area (Å²) in [5.74, 6) is 0.763. The van der Waals surface area contributed by atoms with Gasteiger partial charge in [0.15, 0.2) is 0 Å². The van der Waals surface area contributed by atoms with Crippen LogP contribution in [0.1, 0.15) is 0 Å². The van der Waals surface area contributed by atoms with E-state index in [2.05, 4.69) is 20.4 Å². The number of benzene rings is 1. The Labute approximate surface area is 110 Å². The highest BCUT2D eigenvalue weighted by Gasteiger charge is 2.09. The minimum absolute atomic E-state index is 0.763. The zero-order valence-electron chi connectivity index (χ0n) is 10.4. The molecule has 0 aliphatic heterocycles. The zero-order chi connectivity index (χ0) is 13.1. The van der Waals surface area contributed by atoms with E-state index in [1.165, 1.54) is 0 Å². The lowest BCUT2D eigenvalue weighted by Crippen LogP contribution is -1.91. The molecular formula is C14H12N4O. The van der Waals surface area contributed by atoms with Crippen LogP contribution in [0.15, 0.2) is 48.8 Å². The molecule has 0 bridgehead atoms. The fourth-order valence-corrected chi connectivity index (χ4v) is 1.93. The highest BCUT2D eigenvalue weighted by molar-refractivity contribution is 5.73. The number of methoxy groups -OCH3 is 1.